The Bertz CT molecular complexity index is 1180. The van der Waals surface area contributed by atoms with Gasteiger partial charge in [0.15, 0.2) is 0 Å². The molecule has 0 saturated carbocycles. The second kappa shape index (κ2) is 10.1. The number of hydrogen-bond acceptors (Lipinski definition) is 8. The molecule has 10 nitrogen and oxygen atoms in total. The molecular weight excluding hydrogens is 452 g/mol. The van der Waals surface area contributed by atoms with Gasteiger partial charge in [-0.2, -0.15) is 0 Å². The highest BCUT2D eigenvalue weighted by atomic mass is 16.5. The van der Waals surface area contributed by atoms with Crippen LogP contribution in [0.2, 0.25) is 0 Å². The molecule has 0 radical (unpaired) electrons. The number of methoxy groups -OCH3 is 1. The van der Waals surface area contributed by atoms with Gasteiger partial charge in [0.2, 0.25) is 11.8 Å². The van der Waals surface area contributed by atoms with E-state index in [1.165, 1.54) is 7.11 Å². The van der Waals surface area contributed by atoms with Crippen molar-refractivity contribution in [2.75, 3.05) is 39.7 Å². The molecule has 2 N–H and O–H groups in total. The highest BCUT2D eigenvalue weighted by Crippen LogP contribution is 2.37. The molecule has 0 aliphatic carbocycles. The van der Waals surface area contributed by atoms with E-state index in [1.54, 1.807) is 36.4 Å². The third-order valence-corrected chi connectivity index (χ3v) is 5.93. The van der Waals surface area contributed by atoms with E-state index in [0.717, 1.165) is 17.9 Å². The Morgan fingerprint density at radius 3 is 2.60 bits per heavy atom. The van der Waals surface area contributed by atoms with E-state index in [2.05, 4.69) is 15.5 Å². The van der Waals surface area contributed by atoms with Gasteiger partial charge in [0, 0.05) is 19.0 Å². The predicted molar refractivity (Wildman–Crippen MR) is 128 cm³/mol. The summed E-state index contributed by atoms with van der Waals surface area (Å²) in [6, 6.07) is 9.20. The predicted octanol–water partition coefficient (Wildman–Crippen LogP) is 2.17. The Labute approximate surface area is 203 Å². The van der Waals surface area contributed by atoms with Crippen LogP contribution in [0.1, 0.15) is 40.0 Å². The molecule has 4 amide bonds. The normalized spacial score (nSPS) is 17.5. The minimum atomic E-state index is -1.02. The molecule has 0 spiro atoms. The van der Waals surface area contributed by atoms with Gasteiger partial charge in [0.1, 0.15) is 17.5 Å². The molecule has 2 aromatic rings. The van der Waals surface area contributed by atoms with E-state index in [0.29, 0.717) is 29.5 Å². The molecule has 0 aromatic heterocycles. The van der Waals surface area contributed by atoms with Gasteiger partial charge < -0.3 is 19.7 Å². The van der Waals surface area contributed by atoms with Gasteiger partial charge >= 0.3 is 0 Å². The molecule has 35 heavy (non-hydrogen) atoms. The molecule has 184 valence electrons. The van der Waals surface area contributed by atoms with Crippen LogP contribution in [0.5, 0.6) is 11.5 Å². The zero-order valence-electron chi connectivity index (χ0n) is 19.9. The van der Waals surface area contributed by atoms with E-state index in [9.17, 15) is 19.2 Å². The molecule has 2 aliphatic rings. The first-order valence-electron chi connectivity index (χ1n) is 11.4. The summed E-state index contributed by atoms with van der Waals surface area (Å²) in [6.07, 6.45) is 1.05. The Morgan fingerprint density at radius 2 is 1.89 bits per heavy atom. The first kappa shape index (κ1) is 24.2. The standard InChI is InChI=1S/C25H28N4O6/c1-28(2)12-5-13-35-15-8-9-17(20(14-15)34-3)26-18-7-4-6-16-22(18)25(33)29(24(16)32)19-10-11-21(30)27-23(19)31/h4,6-9,14,19,26H,5,10-13H2,1-3H3,(H,27,30,31). The fourth-order valence-corrected chi connectivity index (χ4v) is 4.20. The number of piperidine rings is 1. The van der Waals surface area contributed by atoms with Crippen molar-refractivity contribution in [3.63, 3.8) is 0 Å². The highest BCUT2D eigenvalue weighted by Gasteiger charge is 2.45. The quantitative estimate of drug-likeness (QED) is 0.414. The van der Waals surface area contributed by atoms with Crippen LogP contribution in [0.15, 0.2) is 36.4 Å². The molecule has 2 aliphatic heterocycles. The maximum absolute atomic E-state index is 13.3. The van der Waals surface area contributed by atoms with Crippen molar-refractivity contribution < 1.29 is 28.7 Å². The molecule has 1 fully saturated rings. The lowest BCUT2D eigenvalue weighted by Crippen LogP contribution is -2.54. The summed E-state index contributed by atoms with van der Waals surface area (Å²) in [6.45, 7) is 1.48. The summed E-state index contributed by atoms with van der Waals surface area (Å²) >= 11 is 0. The van der Waals surface area contributed by atoms with Crippen LogP contribution in [0.3, 0.4) is 0 Å². The van der Waals surface area contributed by atoms with Crippen LogP contribution in [0.4, 0.5) is 11.4 Å². The number of imide groups is 2. The summed E-state index contributed by atoms with van der Waals surface area (Å²) in [4.78, 5) is 53.2. The largest absolute Gasteiger partial charge is 0.494 e. The maximum Gasteiger partial charge on any atom is 0.264 e. The number of hydrogen-bond donors (Lipinski definition) is 2. The van der Waals surface area contributed by atoms with Gasteiger partial charge in [-0.15, -0.1) is 0 Å². The Hall–Kier alpha value is -3.92. The number of fused-ring (bicyclic) bond motifs is 1. The average molecular weight is 481 g/mol. The molecule has 2 heterocycles. The van der Waals surface area contributed by atoms with Crippen molar-refractivity contribution in [3.05, 3.63) is 47.5 Å². The number of nitrogens with one attached hydrogen (secondary N) is 2. The second-order valence-corrected chi connectivity index (χ2v) is 8.67. The van der Waals surface area contributed by atoms with Crippen LogP contribution >= 0.6 is 0 Å². The topological polar surface area (TPSA) is 117 Å². The van der Waals surface area contributed by atoms with Crippen LogP contribution in [-0.2, 0) is 9.59 Å². The lowest BCUT2D eigenvalue weighted by atomic mass is 10.0. The van der Waals surface area contributed by atoms with Crippen molar-refractivity contribution in [1.29, 1.82) is 0 Å². The zero-order valence-corrected chi connectivity index (χ0v) is 19.9. The molecule has 10 heteroatoms. The Balaban J connectivity index is 1.55. The average Bonchev–Trinajstić information content (AvgIpc) is 3.08. The second-order valence-electron chi connectivity index (χ2n) is 8.67. The first-order valence-corrected chi connectivity index (χ1v) is 11.4. The third-order valence-electron chi connectivity index (χ3n) is 5.93. The molecule has 1 unspecified atom stereocenters. The van der Waals surface area contributed by atoms with Gasteiger partial charge in [-0.05, 0) is 51.2 Å². The number of nitrogens with zero attached hydrogens (tertiary/aromatic N) is 2. The van der Waals surface area contributed by atoms with Crippen molar-refractivity contribution in [1.82, 2.24) is 15.1 Å². The summed E-state index contributed by atoms with van der Waals surface area (Å²) in [5.74, 6) is -1.04. The lowest BCUT2D eigenvalue weighted by Gasteiger charge is -2.27. The van der Waals surface area contributed by atoms with Crippen molar-refractivity contribution in [2.45, 2.75) is 25.3 Å². The molecule has 0 bridgehead atoms. The molecule has 1 atom stereocenters. The number of carbonyl (C=O) groups is 4. The minimum absolute atomic E-state index is 0.0652. The smallest absolute Gasteiger partial charge is 0.264 e. The molecule has 4 rings (SSSR count). The summed E-state index contributed by atoms with van der Waals surface area (Å²) in [7, 11) is 5.55. The fraction of sp³-hybridized carbons (Fsp3) is 0.360. The van der Waals surface area contributed by atoms with Gasteiger partial charge in [-0.25, -0.2) is 0 Å². The van der Waals surface area contributed by atoms with Gasteiger partial charge in [0.25, 0.3) is 11.8 Å². The van der Waals surface area contributed by atoms with Crippen LogP contribution in [-0.4, -0.2) is 73.8 Å². The SMILES string of the molecule is COc1cc(OCCCN(C)C)ccc1Nc1cccc2c1C(=O)N(C1CCC(=O)NC1=O)C2=O. The number of benzene rings is 2. The van der Waals surface area contributed by atoms with E-state index in [4.69, 9.17) is 9.47 Å². The highest BCUT2D eigenvalue weighted by molar-refractivity contribution is 6.25. The number of anilines is 2. The van der Waals surface area contributed by atoms with Crippen molar-refractivity contribution in [2.24, 2.45) is 0 Å². The third kappa shape index (κ3) is 4.97. The van der Waals surface area contributed by atoms with Crippen molar-refractivity contribution >= 4 is 35.0 Å². The maximum atomic E-state index is 13.3. The van der Waals surface area contributed by atoms with E-state index >= 15 is 0 Å². The Morgan fingerprint density at radius 1 is 1.09 bits per heavy atom. The first-order chi connectivity index (χ1) is 16.8. The monoisotopic (exact) mass is 480 g/mol. The number of amides is 4. The number of rotatable bonds is 9. The van der Waals surface area contributed by atoms with E-state index in [1.807, 2.05) is 14.1 Å². The van der Waals surface area contributed by atoms with E-state index < -0.39 is 29.7 Å². The fourth-order valence-electron chi connectivity index (χ4n) is 4.20. The lowest BCUT2D eigenvalue weighted by molar-refractivity contribution is -0.136. The van der Waals surface area contributed by atoms with Gasteiger partial charge in [0.05, 0.1) is 36.2 Å². The van der Waals surface area contributed by atoms with Crippen LogP contribution in [0, 0.1) is 0 Å². The number of ether oxygens (including phenoxy) is 2. The molecule has 2 aromatic carbocycles. The van der Waals surface area contributed by atoms with Gasteiger partial charge in [-0.3, -0.25) is 29.4 Å². The van der Waals surface area contributed by atoms with E-state index in [-0.39, 0.29) is 24.0 Å². The molecular formula is C25H28N4O6. The van der Waals surface area contributed by atoms with Crippen molar-refractivity contribution in [3.8, 4) is 11.5 Å². The summed E-state index contributed by atoms with van der Waals surface area (Å²) < 4.78 is 11.3. The minimum Gasteiger partial charge on any atom is -0.494 e. The zero-order chi connectivity index (χ0) is 25.1. The van der Waals surface area contributed by atoms with Crippen LogP contribution < -0.4 is 20.1 Å². The Kier molecular flexibility index (Phi) is 7.02. The summed E-state index contributed by atoms with van der Waals surface area (Å²) in [5.41, 5.74) is 1.37. The molecule has 1 saturated heterocycles. The number of carbonyl (C=O) groups excluding carboxylic acids is 4. The van der Waals surface area contributed by atoms with Gasteiger partial charge in [-0.1, -0.05) is 6.07 Å². The summed E-state index contributed by atoms with van der Waals surface area (Å²) in [5, 5.41) is 5.39. The van der Waals surface area contributed by atoms with Crippen LogP contribution in [0.25, 0.3) is 0 Å².